The molecule has 0 spiro atoms. The minimum Gasteiger partial charge on any atom is -0.483 e. The molecule has 2 aromatic carbocycles. The van der Waals surface area contributed by atoms with E-state index in [9.17, 15) is 9.18 Å². The molecule has 0 saturated heterocycles. The number of amides is 1. The number of hydrazine groups is 1. The van der Waals surface area contributed by atoms with Crippen LogP contribution in [0, 0.1) is 12.7 Å². The van der Waals surface area contributed by atoms with E-state index in [-0.39, 0.29) is 23.5 Å². The van der Waals surface area contributed by atoms with Crippen LogP contribution in [0.1, 0.15) is 30.9 Å². The minimum atomic E-state index is -0.402. The standard InChI is InChI=1S/C19H21ClFN3O2S/c1-11(2)15-9-16(20)12(3)8-17(15)26-10-18(25)23-24-19(27)22-14-6-4-13(21)5-7-14/h4-9,11H,10H2,1-3H3,(H,23,25)(H2,22,24,27). The summed E-state index contributed by atoms with van der Waals surface area (Å²) in [6, 6.07) is 9.35. The van der Waals surface area contributed by atoms with Crippen molar-refractivity contribution in [2.45, 2.75) is 26.7 Å². The summed E-state index contributed by atoms with van der Waals surface area (Å²) in [5.74, 6) is 0.0736. The summed E-state index contributed by atoms with van der Waals surface area (Å²) < 4.78 is 18.5. The summed E-state index contributed by atoms with van der Waals surface area (Å²) >= 11 is 11.2. The Labute approximate surface area is 168 Å². The zero-order valence-corrected chi connectivity index (χ0v) is 16.8. The highest BCUT2D eigenvalue weighted by molar-refractivity contribution is 7.80. The second-order valence-electron chi connectivity index (χ2n) is 6.22. The first kappa shape index (κ1) is 20.9. The van der Waals surface area contributed by atoms with Crippen molar-refractivity contribution < 1.29 is 13.9 Å². The summed E-state index contributed by atoms with van der Waals surface area (Å²) in [7, 11) is 0. The van der Waals surface area contributed by atoms with Gasteiger partial charge in [0.2, 0.25) is 0 Å². The molecule has 0 bridgehead atoms. The second-order valence-corrected chi connectivity index (χ2v) is 7.03. The van der Waals surface area contributed by atoms with Gasteiger partial charge in [0.1, 0.15) is 11.6 Å². The van der Waals surface area contributed by atoms with Crippen LogP contribution in [0.4, 0.5) is 10.1 Å². The molecule has 0 unspecified atom stereocenters. The third-order valence-electron chi connectivity index (χ3n) is 3.69. The molecule has 0 aliphatic carbocycles. The van der Waals surface area contributed by atoms with Crippen LogP contribution in [0.5, 0.6) is 5.75 Å². The SMILES string of the molecule is Cc1cc(OCC(=O)NNC(=S)Nc2ccc(F)cc2)c(C(C)C)cc1Cl. The van der Waals surface area contributed by atoms with Crippen LogP contribution in [0.2, 0.25) is 5.02 Å². The fraction of sp³-hybridized carbons (Fsp3) is 0.263. The number of anilines is 1. The Bertz CT molecular complexity index is 828. The quantitative estimate of drug-likeness (QED) is 0.507. The van der Waals surface area contributed by atoms with E-state index in [2.05, 4.69) is 16.2 Å². The number of rotatable bonds is 5. The smallest absolute Gasteiger partial charge is 0.276 e. The van der Waals surface area contributed by atoms with Gasteiger partial charge in [0.15, 0.2) is 11.7 Å². The zero-order chi connectivity index (χ0) is 20.0. The van der Waals surface area contributed by atoms with Crippen molar-refractivity contribution >= 4 is 40.5 Å². The second kappa shape index (κ2) is 9.53. The highest BCUT2D eigenvalue weighted by atomic mass is 35.5. The maximum atomic E-state index is 12.9. The van der Waals surface area contributed by atoms with E-state index in [0.717, 1.165) is 11.1 Å². The normalized spacial score (nSPS) is 10.4. The van der Waals surface area contributed by atoms with E-state index in [4.69, 9.17) is 28.6 Å². The lowest BCUT2D eigenvalue weighted by molar-refractivity contribution is -0.123. The van der Waals surface area contributed by atoms with Crippen LogP contribution in [0.15, 0.2) is 36.4 Å². The van der Waals surface area contributed by atoms with Crippen LogP contribution in [-0.4, -0.2) is 17.6 Å². The molecule has 2 rings (SSSR count). The maximum absolute atomic E-state index is 12.9. The van der Waals surface area contributed by atoms with Crippen LogP contribution in [0.3, 0.4) is 0 Å². The number of nitrogens with one attached hydrogen (secondary N) is 3. The van der Waals surface area contributed by atoms with Crippen LogP contribution >= 0.6 is 23.8 Å². The molecule has 5 nitrogen and oxygen atoms in total. The number of halogens is 2. The predicted octanol–water partition coefficient (Wildman–Crippen LogP) is 4.31. The maximum Gasteiger partial charge on any atom is 0.276 e. The van der Waals surface area contributed by atoms with E-state index in [1.807, 2.05) is 32.9 Å². The van der Waals surface area contributed by atoms with Gasteiger partial charge in [-0.3, -0.25) is 15.6 Å². The van der Waals surface area contributed by atoms with Gasteiger partial charge in [0, 0.05) is 10.7 Å². The zero-order valence-electron chi connectivity index (χ0n) is 15.2. The molecule has 2 aromatic rings. The van der Waals surface area contributed by atoms with E-state index in [1.165, 1.54) is 24.3 Å². The molecule has 0 aliphatic rings. The van der Waals surface area contributed by atoms with Crippen molar-refractivity contribution in [1.82, 2.24) is 10.9 Å². The number of benzene rings is 2. The molecule has 1 amide bonds. The predicted molar refractivity (Wildman–Crippen MR) is 110 cm³/mol. The molecule has 0 fully saturated rings. The van der Waals surface area contributed by atoms with E-state index >= 15 is 0 Å². The van der Waals surface area contributed by atoms with Gasteiger partial charge in [-0.05, 0) is 72.6 Å². The number of ether oxygens (including phenoxy) is 1. The minimum absolute atomic E-state index is 0.167. The lowest BCUT2D eigenvalue weighted by Gasteiger charge is -2.16. The summed E-state index contributed by atoms with van der Waals surface area (Å²) in [4.78, 5) is 12.0. The fourth-order valence-corrected chi connectivity index (χ4v) is 2.59. The van der Waals surface area contributed by atoms with Gasteiger partial charge < -0.3 is 10.1 Å². The Hall–Kier alpha value is -2.38. The van der Waals surface area contributed by atoms with Gasteiger partial charge in [0.05, 0.1) is 0 Å². The molecule has 0 atom stereocenters. The number of carbonyl (C=O) groups excluding carboxylic acids is 1. The van der Waals surface area contributed by atoms with Crippen molar-refractivity contribution in [2.24, 2.45) is 0 Å². The van der Waals surface area contributed by atoms with Gasteiger partial charge in [-0.1, -0.05) is 25.4 Å². The van der Waals surface area contributed by atoms with Gasteiger partial charge in [0.25, 0.3) is 5.91 Å². The molecule has 0 aliphatic heterocycles. The molecular weight excluding hydrogens is 389 g/mol. The van der Waals surface area contributed by atoms with Gasteiger partial charge in [-0.2, -0.15) is 0 Å². The van der Waals surface area contributed by atoms with Gasteiger partial charge in [-0.25, -0.2) is 4.39 Å². The highest BCUT2D eigenvalue weighted by Gasteiger charge is 2.13. The number of carbonyl (C=O) groups is 1. The molecule has 0 aromatic heterocycles. The van der Waals surface area contributed by atoms with E-state index < -0.39 is 5.91 Å². The Morgan fingerprint density at radius 2 is 1.89 bits per heavy atom. The topological polar surface area (TPSA) is 62.4 Å². The largest absolute Gasteiger partial charge is 0.483 e. The molecule has 27 heavy (non-hydrogen) atoms. The van der Waals surface area contributed by atoms with Crippen molar-refractivity contribution in [1.29, 1.82) is 0 Å². The molecule has 0 heterocycles. The van der Waals surface area contributed by atoms with Gasteiger partial charge >= 0.3 is 0 Å². The number of thiocarbonyl (C=S) groups is 1. The van der Waals surface area contributed by atoms with Crippen molar-refractivity contribution in [2.75, 3.05) is 11.9 Å². The highest BCUT2D eigenvalue weighted by Crippen LogP contribution is 2.31. The summed E-state index contributed by atoms with van der Waals surface area (Å²) in [6.45, 7) is 5.73. The van der Waals surface area contributed by atoms with Crippen molar-refractivity contribution in [3.8, 4) is 5.75 Å². The summed E-state index contributed by atoms with van der Waals surface area (Å²) in [6.07, 6.45) is 0. The number of hydrogen-bond donors (Lipinski definition) is 3. The average molecular weight is 410 g/mol. The van der Waals surface area contributed by atoms with Crippen molar-refractivity contribution in [3.05, 3.63) is 58.4 Å². The lowest BCUT2D eigenvalue weighted by Crippen LogP contribution is -2.45. The third kappa shape index (κ3) is 6.37. The first-order valence-corrected chi connectivity index (χ1v) is 9.09. The third-order valence-corrected chi connectivity index (χ3v) is 4.30. The van der Waals surface area contributed by atoms with Crippen molar-refractivity contribution in [3.63, 3.8) is 0 Å². The monoisotopic (exact) mass is 409 g/mol. The average Bonchev–Trinajstić information content (AvgIpc) is 2.62. The fourth-order valence-electron chi connectivity index (χ4n) is 2.25. The van der Waals surface area contributed by atoms with Crippen LogP contribution in [-0.2, 0) is 4.79 Å². The first-order chi connectivity index (χ1) is 12.8. The summed E-state index contributed by atoms with van der Waals surface area (Å²) in [5, 5.41) is 3.65. The first-order valence-electron chi connectivity index (χ1n) is 8.30. The Morgan fingerprint density at radius 3 is 2.52 bits per heavy atom. The number of aryl methyl sites for hydroxylation is 1. The van der Waals surface area contributed by atoms with Gasteiger partial charge in [-0.15, -0.1) is 0 Å². The molecule has 0 radical (unpaired) electrons. The molecular formula is C19H21ClFN3O2S. The van der Waals surface area contributed by atoms with E-state index in [1.54, 1.807) is 0 Å². The molecule has 0 saturated carbocycles. The number of hydrogen-bond acceptors (Lipinski definition) is 3. The molecule has 3 N–H and O–H groups in total. The Balaban J connectivity index is 1.85. The van der Waals surface area contributed by atoms with Crippen LogP contribution in [0.25, 0.3) is 0 Å². The lowest BCUT2D eigenvalue weighted by atomic mass is 10.0. The molecule has 8 heteroatoms. The summed E-state index contributed by atoms with van der Waals surface area (Å²) in [5.41, 5.74) is 7.41. The van der Waals surface area contributed by atoms with E-state index in [0.29, 0.717) is 16.5 Å². The molecule has 144 valence electrons. The van der Waals surface area contributed by atoms with Crippen LogP contribution < -0.4 is 20.9 Å². The Kier molecular flexibility index (Phi) is 7.38. The Morgan fingerprint density at radius 1 is 1.22 bits per heavy atom.